The Hall–Kier alpha value is -1.59. The van der Waals surface area contributed by atoms with E-state index in [0.29, 0.717) is 13.1 Å². The van der Waals surface area contributed by atoms with Gasteiger partial charge < -0.3 is 9.33 Å². The third-order valence-corrected chi connectivity index (χ3v) is 10.2. The number of benzene rings is 2. The summed E-state index contributed by atoms with van der Waals surface area (Å²) < 4.78 is 7.51. The van der Waals surface area contributed by atoms with Gasteiger partial charge in [-0.1, -0.05) is 61.0 Å². The van der Waals surface area contributed by atoms with Gasteiger partial charge in [-0.25, -0.2) is 0 Å². The van der Waals surface area contributed by atoms with E-state index in [1.54, 1.807) is 0 Å². The van der Waals surface area contributed by atoms with Crippen molar-refractivity contribution >= 4 is 30.2 Å². The second-order valence-electron chi connectivity index (χ2n) is 8.44. The van der Waals surface area contributed by atoms with Gasteiger partial charge in [0.15, 0.2) is 0 Å². The minimum atomic E-state index is -2.00. The van der Waals surface area contributed by atoms with Crippen LogP contribution in [-0.2, 0) is 13.1 Å². The van der Waals surface area contributed by atoms with E-state index < -0.39 is 8.32 Å². The van der Waals surface area contributed by atoms with Crippen LogP contribution < -0.4 is 4.43 Å². The Morgan fingerprint density at radius 3 is 2.50 bits per heavy atom. The van der Waals surface area contributed by atoms with Crippen LogP contribution in [0.15, 0.2) is 46.9 Å². The standard InChI is InChI=1S/C21H26BrNO2Si/c1-21(2,3)26(4,5)25-18-11-7-9-16-14-23(20(24)19(16)18)13-15-8-6-10-17(22)12-15/h6-12H,13-14H2,1-5H3. The van der Waals surface area contributed by atoms with Gasteiger partial charge in [0.25, 0.3) is 14.2 Å². The predicted octanol–water partition coefficient (Wildman–Crippen LogP) is 5.99. The summed E-state index contributed by atoms with van der Waals surface area (Å²) in [5, 5.41) is 0.0907. The molecule has 3 nitrogen and oxygen atoms in total. The molecule has 0 aromatic heterocycles. The summed E-state index contributed by atoms with van der Waals surface area (Å²) >= 11 is 3.50. The van der Waals surface area contributed by atoms with Gasteiger partial charge >= 0.3 is 0 Å². The van der Waals surface area contributed by atoms with E-state index in [1.807, 2.05) is 41.3 Å². The second kappa shape index (κ2) is 6.85. The highest BCUT2D eigenvalue weighted by Crippen LogP contribution is 2.40. The van der Waals surface area contributed by atoms with Gasteiger partial charge in [-0.2, -0.15) is 0 Å². The predicted molar refractivity (Wildman–Crippen MR) is 112 cm³/mol. The molecule has 0 spiro atoms. The van der Waals surface area contributed by atoms with Crippen LogP contribution in [0.4, 0.5) is 0 Å². The topological polar surface area (TPSA) is 29.5 Å². The summed E-state index contributed by atoms with van der Waals surface area (Å²) in [6, 6.07) is 14.1. The third kappa shape index (κ3) is 3.74. The Morgan fingerprint density at radius 2 is 1.85 bits per heavy atom. The van der Waals surface area contributed by atoms with E-state index in [9.17, 15) is 4.79 Å². The molecule has 2 aromatic carbocycles. The first-order chi connectivity index (χ1) is 12.1. The molecular formula is C21H26BrNO2Si. The average molecular weight is 432 g/mol. The monoisotopic (exact) mass is 431 g/mol. The summed E-state index contributed by atoms with van der Waals surface area (Å²) in [7, 11) is -2.00. The summed E-state index contributed by atoms with van der Waals surface area (Å²) in [6.07, 6.45) is 0. The number of carbonyl (C=O) groups excluding carboxylic acids is 1. The summed E-state index contributed by atoms with van der Waals surface area (Å²) in [4.78, 5) is 15.0. The normalized spacial score (nSPS) is 14.5. The Bertz CT molecular complexity index is 842. The van der Waals surface area contributed by atoms with Gasteiger partial charge in [0.2, 0.25) is 0 Å². The van der Waals surface area contributed by atoms with E-state index in [-0.39, 0.29) is 10.9 Å². The lowest BCUT2D eigenvalue weighted by Crippen LogP contribution is -2.44. The van der Waals surface area contributed by atoms with E-state index in [4.69, 9.17) is 4.43 Å². The van der Waals surface area contributed by atoms with Crippen LogP contribution in [0.3, 0.4) is 0 Å². The first-order valence-corrected chi connectivity index (χ1v) is 12.6. The lowest BCUT2D eigenvalue weighted by atomic mass is 10.1. The fourth-order valence-electron chi connectivity index (χ4n) is 2.88. The molecule has 1 aliphatic rings. The van der Waals surface area contributed by atoms with Crippen molar-refractivity contribution in [2.24, 2.45) is 0 Å². The molecule has 0 unspecified atom stereocenters. The van der Waals surface area contributed by atoms with Gasteiger partial charge in [0.05, 0.1) is 5.56 Å². The van der Waals surface area contributed by atoms with Crippen LogP contribution in [0.25, 0.3) is 0 Å². The molecule has 0 fully saturated rings. The molecule has 26 heavy (non-hydrogen) atoms. The first-order valence-electron chi connectivity index (χ1n) is 8.93. The number of fused-ring (bicyclic) bond motifs is 1. The quantitative estimate of drug-likeness (QED) is 0.556. The Kier molecular flexibility index (Phi) is 5.06. The van der Waals surface area contributed by atoms with Crippen LogP contribution in [0.2, 0.25) is 18.1 Å². The smallest absolute Gasteiger partial charge is 0.258 e. The van der Waals surface area contributed by atoms with Crippen molar-refractivity contribution in [3.8, 4) is 5.75 Å². The number of amides is 1. The number of hydrogen-bond donors (Lipinski definition) is 0. The molecule has 1 heterocycles. The molecule has 3 rings (SSSR count). The van der Waals surface area contributed by atoms with Gasteiger partial charge in [-0.3, -0.25) is 4.79 Å². The molecule has 0 saturated carbocycles. The molecule has 0 atom stereocenters. The van der Waals surface area contributed by atoms with Crippen molar-refractivity contribution in [2.45, 2.75) is 52.0 Å². The number of hydrogen-bond acceptors (Lipinski definition) is 2. The summed E-state index contributed by atoms with van der Waals surface area (Å²) in [5.74, 6) is 0.810. The molecular weight excluding hydrogens is 406 g/mol. The molecule has 1 aliphatic heterocycles. The van der Waals surface area contributed by atoms with E-state index in [1.165, 1.54) is 0 Å². The van der Waals surface area contributed by atoms with Crippen LogP contribution in [0, 0.1) is 0 Å². The lowest BCUT2D eigenvalue weighted by molar-refractivity contribution is 0.0765. The maximum absolute atomic E-state index is 13.1. The second-order valence-corrected chi connectivity index (χ2v) is 14.1. The Morgan fingerprint density at radius 1 is 1.15 bits per heavy atom. The van der Waals surface area contributed by atoms with Crippen LogP contribution in [-0.4, -0.2) is 19.1 Å². The average Bonchev–Trinajstić information content (AvgIpc) is 2.83. The van der Waals surface area contributed by atoms with Crippen molar-refractivity contribution in [3.63, 3.8) is 0 Å². The molecule has 138 valence electrons. The molecule has 0 radical (unpaired) electrons. The Labute approximate surface area is 165 Å². The molecule has 5 heteroatoms. The van der Waals surface area contributed by atoms with Crippen molar-refractivity contribution in [1.29, 1.82) is 0 Å². The van der Waals surface area contributed by atoms with Crippen LogP contribution in [0.1, 0.15) is 42.3 Å². The zero-order valence-electron chi connectivity index (χ0n) is 16.1. The molecule has 0 aliphatic carbocycles. The molecule has 0 saturated heterocycles. The van der Waals surface area contributed by atoms with Gasteiger partial charge in [0, 0.05) is 17.6 Å². The number of rotatable bonds is 4. The highest BCUT2D eigenvalue weighted by Gasteiger charge is 2.41. The highest BCUT2D eigenvalue weighted by molar-refractivity contribution is 9.10. The van der Waals surface area contributed by atoms with Crippen LogP contribution >= 0.6 is 15.9 Å². The number of halogens is 1. The SMILES string of the molecule is CC(C)(C)[Si](C)(C)Oc1cccc2c1C(=O)N(Cc1cccc(Br)c1)C2. The number of nitrogens with zero attached hydrogens (tertiary/aromatic N) is 1. The van der Waals surface area contributed by atoms with Crippen molar-refractivity contribution in [2.75, 3.05) is 0 Å². The largest absolute Gasteiger partial charge is 0.543 e. The van der Waals surface area contributed by atoms with Crippen LogP contribution in [0.5, 0.6) is 5.75 Å². The molecule has 2 aromatic rings. The molecule has 0 N–H and O–H groups in total. The first kappa shape index (κ1) is 19.2. The zero-order valence-corrected chi connectivity index (χ0v) is 18.7. The van der Waals surface area contributed by atoms with Gasteiger partial charge in [-0.15, -0.1) is 0 Å². The van der Waals surface area contributed by atoms with E-state index in [2.05, 4.69) is 55.9 Å². The molecule has 1 amide bonds. The Balaban J connectivity index is 1.87. The van der Waals surface area contributed by atoms with Crippen molar-refractivity contribution in [3.05, 3.63) is 63.6 Å². The van der Waals surface area contributed by atoms with E-state index >= 15 is 0 Å². The van der Waals surface area contributed by atoms with E-state index in [0.717, 1.165) is 26.9 Å². The summed E-state index contributed by atoms with van der Waals surface area (Å²) in [5.41, 5.74) is 2.92. The third-order valence-electron chi connectivity index (χ3n) is 5.41. The summed E-state index contributed by atoms with van der Waals surface area (Å²) in [6.45, 7) is 12.3. The van der Waals surface area contributed by atoms with Gasteiger partial charge in [0.1, 0.15) is 5.75 Å². The minimum absolute atomic E-state index is 0.0642. The maximum atomic E-state index is 13.1. The maximum Gasteiger partial charge on any atom is 0.258 e. The lowest BCUT2D eigenvalue weighted by Gasteiger charge is -2.36. The molecule has 0 bridgehead atoms. The fraction of sp³-hybridized carbons (Fsp3) is 0.381. The number of carbonyl (C=O) groups is 1. The van der Waals surface area contributed by atoms with Gasteiger partial charge in [-0.05, 0) is 47.5 Å². The van der Waals surface area contributed by atoms with Crippen molar-refractivity contribution < 1.29 is 9.22 Å². The highest BCUT2D eigenvalue weighted by atomic mass is 79.9. The van der Waals surface area contributed by atoms with Crippen molar-refractivity contribution in [1.82, 2.24) is 4.90 Å². The minimum Gasteiger partial charge on any atom is -0.543 e. The zero-order chi connectivity index (χ0) is 19.1. The fourth-order valence-corrected chi connectivity index (χ4v) is 4.36.